The average molecular weight is 278 g/mol. The molecule has 0 unspecified atom stereocenters. The molecule has 96 valence electrons. The van der Waals surface area contributed by atoms with E-state index < -0.39 is 20.0 Å². The highest BCUT2D eigenvalue weighted by atomic mass is 32.2. The van der Waals surface area contributed by atoms with Crippen molar-refractivity contribution in [2.75, 3.05) is 22.0 Å². The van der Waals surface area contributed by atoms with Gasteiger partial charge in [0.25, 0.3) is 0 Å². The third-order valence-electron chi connectivity index (χ3n) is 1.92. The number of sulfonamides is 2. The maximum absolute atomic E-state index is 11.1. The molecule has 17 heavy (non-hydrogen) atoms. The lowest BCUT2D eigenvalue weighted by molar-refractivity contribution is 0.605. The van der Waals surface area contributed by atoms with Gasteiger partial charge in [0.15, 0.2) is 0 Å². The quantitative estimate of drug-likeness (QED) is 0.849. The molecule has 0 aliphatic rings. The van der Waals surface area contributed by atoms with Gasteiger partial charge in [0.05, 0.1) is 23.9 Å². The van der Waals surface area contributed by atoms with E-state index in [0.717, 1.165) is 12.5 Å². The Labute approximate surface area is 101 Å². The van der Waals surface area contributed by atoms with Crippen LogP contribution in [0.15, 0.2) is 18.2 Å². The minimum Gasteiger partial charge on any atom is -0.283 e. The van der Waals surface area contributed by atoms with Gasteiger partial charge < -0.3 is 0 Å². The zero-order valence-electron chi connectivity index (χ0n) is 9.68. The van der Waals surface area contributed by atoms with Gasteiger partial charge in [-0.15, -0.1) is 0 Å². The molecule has 0 atom stereocenters. The molecule has 0 saturated carbocycles. The average Bonchev–Trinajstić information content (AvgIpc) is 2.07. The maximum Gasteiger partial charge on any atom is 0.229 e. The highest BCUT2D eigenvalue weighted by Crippen LogP contribution is 2.24. The fraction of sp³-hybridized carbons (Fsp3) is 0.333. The van der Waals surface area contributed by atoms with Crippen LogP contribution in [0, 0.1) is 6.92 Å². The van der Waals surface area contributed by atoms with Gasteiger partial charge in [-0.1, -0.05) is 6.07 Å². The van der Waals surface area contributed by atoms with Crippen LogP contribution in [0.25, 0.3) is 0 Å². The predicted molar refractivity (Wildman–Crippen MR) is 68.1 cm³/mol. The van der Waals surface area contributed by atoms with Crippen LogP contribution in [-0.4, -0.2) is 29.3 Å². The second-order valence-corrected chi connectivity index (χ2v) is 7.22. The van der Waals surface area contributed by atoms with E-state index >= 15 is 0 Å². The highest BCUT2D eigenvalue weighted by Gasteiger charge is 2.10. The normalized spacial score (nSPS) is 12.2. The lowest BCUT2D eigenvalue weighted by Gasteiger charge is -2.12. The second kappa shape index (κ2) is 4.53. The van der Waals surface area contributed by atoms with Crippen LogP contribution in [0.1, 0.15) is 5.56 Å². The number of anilines is 2. The van der Waals surface area contributed by atoms with Crippen molar-refractivity contribution in [2.45, 2.75) is 6.92 Å². The molecule has 1 rings (SSSR count). The highest BCUT2D eigenvalue weighted by molar-refractivity contribution is 7.92. The zero-order chi connectivity index (χ0) is 13.3. The summed E-state index contributed by atoms with van der Waals surface area (Å²) in [6.07, 6.45) is 2.06. The molecule has 6 nitrogen and oxygen atoms in total. The molecule has 1 aromatic carbocycles. The Morgan fingerprint density at radius 1 is 0.882 bits per heavy atom. The summed E-state index contributed by atoms with van der Waals surface area (Å²) in [6, 6.07) is 4.68. The molecule has 0 fully saturated rings. The molecule has 0 aromatic heterocycles. The van der Waals surface area contributed by atoms with Crippen molar-refractivity contribution in [2.24, 2.45) is 0 Å². The first kappa shape index (κ1) is 13.8. The standard InChI is InChI=1S/C9H14N2O4S2/c1-7-8(10-16(2,12)13)5-4-6-9(7)11-17(3,14)15/h4-6,10-11H,1-3H3. The van der Waals surface area contributed by atoms with Crippen molar-refractivity contribution in [3.63, 3.8) is 0 Å². The lowest BCUT2D eigenvalue weighted by Crippen LogP contribution is -2.13. The molecule has 0 heterocycles. The van der Waals surface area contributed by atoms with Crippen molar-refractivity contribution in [3.8, 4) is 0 Å². The first-order valence-corrected chi connectivity index (χ1v) is 8.42. The van der Waals surface area contributed by atoms with E-state index in [0.29, 0.717) is 16.9 Å². The number of hydrogen-bond donors (Lipinski definition) is 2. The topological polar surface area (TPSA) is 92.3 Å². The van der Waals surface area contributed by atoms with E-state index in [-0.39, 0.29) is 0 Å². The number of benzene rings is 1. The summed E-state index contributed by atoms with van der Waals surface area (Å²) in [4.78, 5) is 0. The molecule has 0 amide bonds. The van der Waals surface area contributed by atoms with Gasteiger partial charge in [0, 0.05) is 0 Å². The Kier molecular flexibility index (Phi) is 3.68. The van der Waals surface area contributed by atoms with Crippen molar-refractivity contribution in [3.05, 3.63) is 23.8 Å². The molecule has 0 bridgehead atoms. The fourth-order valence-electron chi connectivity index (χ4n) is 1.26. The summed E-state index contributed by atoms with van der Waals surface area (Å²) in [6.45, 7) is 1.63. The smallest absolute Gasteiger partial charge is 0.229 e. The summed E-state index contributed by atoms with van der Waals surface area (Å²) < 4.78 is 49.0. The predicted octanol–water partition coefficient (Wildman–Crippen LogP) is 0.738. The summed E-state index contributed by atoms with van der Waals surface area (Å²) >= 11 is 0. The molecule has 0 spiro atoms. The molecule has 0 radical (unpaired) electrons. The van der Waals surface area contributed by atoms with Crippen molar-refractivity contribution >= 4 is 31.4 Å². The van der Waals surface area contributed by atoms with Gasteiger partial charge in [-0.2, -0.15) is 0 Å². The van der Waals surface area contributed by atoms with Crippen LogP contribution < -0.4 is 9.44 Å². The van der Waals surface area contributed by atoms with E-state index in [2.05, 4.69) is 9.44 Å². The van der Waals surface area contributed by atoms with E-state index in [1.165, 1.54) is 0 Å². The molecule has 0 saturated heterocycles. The van der Waals surface area contributed by atoms with Crippen molar-refractivity contribution in [1.29, 1.82) is 0 Å². The molecule has 8 heteroatoms. The van der Waals surface area contributed by atoms with Crippen molar-refractivity contribution < 1.29 is 16.8 Å². The third kappa shape index (κ3) is 4.61. The SMILES string of the molecule is Cc1c(NS(C)(=O)=O)cccc1NS(C)(=O)=O. The maximum atomic E-state index is 11.1. The molecule has 2 N–H and O–H groups in total. The minimum absolute atomic E-state index is 0.348. The van der Waals surface area contributed by atoms with Crippen LogP contribution in [0.4, 0.5) is 11.4 Å². The van der Waals surface area contributed by atoms with Gasteiger partial charge in [0.1, 0.15) is 0 Å². The number of hydrogen-bond acceptors (Lipinski definition) is 4. The van der Waals surface area contributed by atoms with Gasteiger partial charge in [0.2, 0.25) is 20.0 Å². The summed E-state index contributed by atoms with van der Waals surface area (Å²) in [5.41, 5.74) is 1.21. The minimum atomic E-state index is -3.39. The van der Waals surface area contributed by atoms with Gasteiger partial charge in [-0.3, -0.25) is 9.44 Å². The first-order valence-electron chi connectivity index (χ1n) is 4.64. The van der Waals surface area contributed by atoms with E-state index in [4.69, 9.17) is 0 Å². The lowest BCUT2D eigenvalue weighted by atomic mass is 10.2. The Balaban J connectivity index is 3.16. The largest absolute Gasteiger partial charge is 0.283 e. The second-order valence-electron chi connectivity index (χ2n) is 3.73. The zero-order valence-corrected chi connectivity index (χ0v) is 11.3. The first-order chi connectivity index (χ1) is 7.58. The molecular weight excluding hydrogens is 264 g/mol. The number of nitrogens with one attached hydrogen (secondary N) is 2. The molecule has 0 aliphatic carbocycles. The van der Waals surface area contributed by atoms with Crippen LogP contribution in [0.3, 0.4) is 0 Å². The Bertz CT molecular complexity index is 568. The van der Waals surface area contributed by atoms with Crippen LogP contribution in [0.2, 0.25) is 0 Å². The third-order valence-corrected chi connectivity index (χ3v) is 3.11. The van der Waals surface area contributed by atoms with E-state index in [1.807, 2.05) is 0 Å². The van der Waals surface area contributed by atoms with E-state index in [9.17, 15) is 16.8 Å². The van der Waals surface area contributed by atoms with Gasteiger partial charge in [-0.05, 0) is 24.6 Å². The fourth-order valence-corrected chi connectivity index (χ4v) is 2.50. The summed E-state index contributed by atoms with van der Waals surface area (Å²) in [5.74, 6) is 0. The Morgan fingerprint density at radius 2 is 1.24 bits per heavy atom. The Morgan fingerprint density at radius 3 is 1.53 bits per heavy atom. The number of rotatable bonds is 4. The molecule has 1 aromatic rings. The summed E-state index contributed by atoms with van der Waals surface area (Å²) in [5, 5.41) is 0. The Hall–Kier alpha value is -1.28. The van der Waals surface area contributed by atoms with Crippen LogP contribution in [-0.2, 0) is 20.0 Å². The van der Waals surface area contributed by atoms with Gasteiger partial charge in [-0.25, -0.2) is 16.8 Å². The van der Waals surface area contributed by atoms with Crippen LogP contribution >= 0.6 is 0 Å². The molecular formula is C9H14N2O4S2. The van der Waals surface area contributed by atoms with E-state index in [1.54, 1.807) is 25.1 Å². The summed E-state index contributed by atoms with van der Waals surface area (Å²) in [7, 11) is -6.77. The molecule has 0 aliphatic heterocycles. The van der Waals surface area contributed by atoms with Gasteiger partial charge >= 0.3 is 0 Å². The van der Waals surface area contributed by atoms with Crippen LogP contribution in [0.5, 0.6) is 0 Å². The van der Waals surface area contributed by atoms with Crippen molar-refractivity contribution in [1.82, 2.24) is 0 Å². The monoisotopic (exact) mass is 278 g/mol.